The van der Waals surface area contributed by atoms with Gasteiger partial charge in [0, 0.05) is 67.0 Å². The van der Waals surface area contributed by atoms with Crippen LogP contribution in [0.2, 0.25) is 5.02 Å². The maximum Gasteiger partial charge on any atom is 0.223 e. The van der Waals surface area contributed by atoms with Crippen LogP contribution in [0.1, 0.15) is 55.3 Å². The lowest BCUT2D eigenvalue weighted by molar-refractivity contribution is 0.136. The number of aromatic amines is 2. The molecule has 4 heterocycles. The predicted molar refractivity (Wildman–Crippen MR) is 142 cm³/mol. The lowest BCUT2D eigenvalue weighted by Gasteiger charge is -2.37. The van der Waals surface area contributed by atoms with Crippen molar-refractivity contribution in [2.24, 2.45) is 13.0 Å². The van der Waals surface area contributed by atoms with Crippen molar-refractivity contribution in [3.05, 3.63) is 59.0 Å². The van der Waals surface area contributed by atoms with Gasteiger partial charge in [-0.2, -0.15) is 15.3 Å². The highest BCUT2D eigenvalue weighted by molar-refractivity contribution is 6.32. The van der Waals surface area contributed by atoms with Crippen LogP contribution in [0.4, 0.5) is 5.95 Å². The van der Waals surface area contributed by atoms with Crippen LogP contribution in [0.3, 0.4) is 0 Å². The second-order valence-corrected chi connectivity index (χ2v) is 10.8. The van der Waals surface area contributed by atoms with Crippen molar-refractivity contribution in [1.29, 1.82) is 0 Å². The first-order chi connectivity index (χ1) is 18.1. The number of nitrogens with one attached hydrogen (secondary N) is 3. The number of hydrogen-bond acceptors (Lipinski definition) is 7. The Balaban J connectivity index is 1.11. The molecule has 2 saturated carbocycles. The van der Waals surface area contributed by atoms with E-state index in [-0.39, 0.29) is 0 Å². The summed E-state index contributed by atoms with van der Waals surface area (Å²) in [6.07, 6.45) is 19.3. The molecule has 0 aliphatic heterocycles. The second-order valence-electron chi connectivity index (χ2n) is 10.4. The third-order valence-corrected chi connectivity index (χ3v) is 7.94. The summed E-state index contributed by atoms with van der Waals surface area (Å²) in [5.41, 5.74) is 5.38. The maximum atomic E-state index is 6.57. The van der Waals surface area contributed by atoms with Crippen molar-refractivity contribution in [2.45, 2.75) is 70.1 Å². The predicted octanol–water partition coefficient (Wildman–Crippen LogP) is 4.35. The Morgan fingerprint density at radius 2 is 1.68 bits per heavy atom. The molecular weight excluding hydrogens is 488 g/mol. The Morgan fingerprint density at radius 1 is 0.973 bits per heavy atom. The molecule has 0 atom stereocenters. The summed E-state index contributed by atoms with van der Waals surface area (Å²) in [5.74, 6) is 1.39. The van der Waals surface area contributed by atoms with E-state index in [1.807, 2.05) is 42.7 Å². The fraction of sp³-hybridized carbons (Fsp3) is 0.500. The van der Waals surface area contributed by atoms with Gasteiger partial charge in [0.25, 0.3) is 0 Å². The van der Waals surface area contributed by atoms with E-state index in [1.165, 1.54) is 29.7 Å². The Hall–Kier alpha value is -3.24. The van der Waals surface area contributed by atoms with E-state index in [0.29, 0.717) is 23.1 Å². The van der Waals surface area contributed by atoms with E-state index in [9.17, 15) is 0 Å². The highest BCUT2D eigenvalue weighted by atomic mass is 35.5. The van der Waals surface area contributed by atoms with Crippen LogP contribution in [-0.4, -0.2) is 57.1 Å². The van der Waals surface area contributed by atoms with Gasteiger partial charge >= 0.3 is 0 Å². The molecule has 3 N–H and O–H groups in total. The molecule has 6 rings (SSSR count). The largest absolute Gasteiger partial charge is 0.351 e. The first-order valence-corrected chi connectivity index (χ1v) is 13.5. The minimum Gasteiger partial charge on any atom is -0.351 e. The topological polar surface area (TPSA) is 116 Å². The van der Waals surface area contributed by atoms with Crippen molar-refractivity contribution >= 4 is 17.5 Å². The molecule has 2 aliphatic rings. The fourth-order valence-corrected chi connectivity index (χ4v) is 5.60. The third-order valence-electron chi connectivity index (χ3n) is 7.67. The van der Waals surface area contributed by atoms with Gasteiger partial charge in [-0.3, -0.25) is 19.8 Å². The van der Waals surface area contributed by atoms with Gasteiger partial charge in [-0.15, -0.1) is 0 Å². The molecule has 0 saturated heterocycles. The molecule has 2 aliphatic carbocycles. The molecule has 194 valence electrons. The van der Waals surface area contributed by atoms with Crippen molar-refractivity contribution in [3.8, 4) is 11.3 Å². The summed E-state index contributed by atoms with van der Waals surface area (Å²) in [6.45, 7) is 1.73. The Morgan fingerprint density at radius 3 is 2.30 bits per heavy atom. The molecule has 0 spiro atoms. The summed E-state index contributed by atoms with van der Waals surface area (Å²) in [6, 6.07) is 0.819. The van der Waals surface area contributed by atoms with Crippen LogP contribution < -0.4 is 5.32 Å². The van der Waals surface area contributed by atoms with Crippen LogP contribution in [-0.2, 0) is 26.6 Å². The van der Waals surface area contributed by atoms with Crippen molar-refractivity contribution in [3.63, 3.8) is 0 Å². The van der Waals surface area contributed by atoms with Crippen LogP contribution in [0.5, 0.6) is 0 Å². The molecule has 0 aromatic carbocycles. The number of nitrogens with zero attached hydrogens (tertiary/aromatic N) is 7. The Labute approximate surface area is 221 Å². The van der Waals surface area contributed by atoms with E-state index in [2.05, 4.69) is 40.7 Å². The zero-order valence-corrected chi connectivity index (χ0v) is 21.8. The quantitative estimate of drug-likeness (QED) is 0.284. The highest BCUT2D eigenvalue weighted by Crippen LogP contribution is 2.37. The lowest BCUT2D eigenvalue weighted by atomic mass is 9.89. The second kappa shape index (κ2) is 10.6. The Kier molecular flexibility index (Phi) is 6.93. The number of aryl methyl sites for hydroxylation is 1. The first kappa shape index (κ1) is 24.1. The number of H-pyrrole nitrogens is 2. The Bertz CT molecular complexity index is 1250. The normalized spacial score (nSPS) is 20.0. The van der Waals surface area contributed by atoms with E-state index in [1.54, 1.807) is 6.20 Å². The molecule has 0 amide bonds. The first-order valence-electron chi connectivity index (χ1n) is 13.1. The SMILES string of the molecule is Cn1ncc(-c2nc(N[C@H]3CC[C@H](N(Cc4cn[nH]c4)Cc4cn[nH]c4)CC3)ncc2Cl)c1CC1CC1. The van der Waals surface area contributed by atoms with E-state index in [4.69, 9.17) is 16.6 Å². The molecule has 11 heteroatoms. The highest BCUT2D eigenvalue weighted by Gasteiger charge is 2.28. The average molecular weight is 521 g/mol. The van der Waals surface area contributed by atoms with Crippen LogP contribution in [0, 0.1) is 5.92 Å². The third kappa shape index (κ3) is 5.70. The standard InChI is InChI=1S/C26H33ClN10/c1-36-24(8-17-2-3-17)22(13-33-36)25-23(27)14-28-26(35-25)34-20-4-6-21(7-5-20)37(15-18-9-29-30-10-18)16-19-11-31-32-12-19/h9-14,17,20-21H,2-8,15-16H2,1H3,(H,29,30)(H,31,32)(H,28,34,35)/t20-,21-. The molecule has 0 unspecified atom stereocenters. The van der Waals surface area contributed by atoms with Crippen molar-refractivity contribution in [1.82, 2.24) is 45.0 Å². The number of aromatic nitrogens is 8. The minimum atomic E-state index is 0.329. The molecule has 0 radical (unpaired) electrons. The number of rotatable bonds is 10. The molecular formula is C26H33ClN10. The summed E-state index contributed by atoms with van der Waals surface area (Å²) in [4.78, 5) is 11.9. The van der Waals surface area contributed by atoms with Gasteiger partial charge in [-0.1, -0.05) is 11.6 Å². The molecule has 4 aromatic rings. The van der Waals surface area contributed by atoms with Crippen molar-refractivity contribution in [2.75, 3.05) is 5.32 Å². The number of hydrogen-bond donors (Lipinski definition) is 3. The van der Waals surface area contributed by atoms with Gasteiger partial charge in [-0.05, 0) is 50.9 Å². The van der Waals surface area contributed by atoms with Crippen LogP contribution in [0.25, 0.3) is 11.3 Å². The van der Waals surface area contributed by atoms with Gasteiger partial charge < -0.3 is 5.32 Å². The molecule has 2 fully saturated rings. The number of halogens is 1. The van der Waals surface area contributed by atoms with Crippen LogP contribution in [0.15, 0.2) is 37.2 Å². The smallest absolute Gasteiger partial charge is 0.223 e. The van der Waals surface area contributed by atoms with Crippen LogP contribution >= 0.6 is 11.6 Å². The van der Waals surface area contributed by atoms with E-state index < -0.39 is 0 Å². The minimum absolute atomic E-state index is 0.329. The molecule has 4 aromatic heterocycles. The van der Waals surface area contributed by atoms with E-state index >= 15 is 0 Å². The molecule has 0 bridgehead atoms. The van der Waals surface area contributed by atoms with Gasteiger partial charge in [0.15, 0.2) is 0 Å². The molecule has 37 heavy (non-hydrogen) atoms. The summed E-state index contributed by atoms with van der Waals surface area (Å²) < 4.78 is 1.96. The maximum absolute atomic E-state index is 6.57. The van der Waals surface area contributed by atoms with Gasteiger partial charge in [0.2, 0.25) is 5.95 Å². The number of anilines is 1. The lowest BCUT2D eigenvalue weighted by Crippen LogP contribution is -2.40. The van der Waals surface area contributed by atoms with E-state index in [0.717, 1.165) is 62.4 Å². The zero-order chi connectivity index (χ0) is 25.2. The zero-order valence-electron chi connectivity index (χ0n) is 21.1. The van der Waals surface area contributed by atoms with Gasteiger partial charge in [0.05, 0.1) is 35.5 Å². The summed E-state index contributed by atoms with van der Waals surface area (Å²) in [7, 11) is 2.00. The molecule has 10 nitrogen and oxygen atoms in total. The van der Waals surface area contributed by atoms with Crippen molar-refractivity contribution < 1.29 is 0 Å². The van der Waals surface area contributed by atoms with Gasteiger partial charge in [-0.25, -0.2) is 9.97 Å². The monoisotopic (exact) mass is 520 g/mol. The van der Waals surface area contributed by atoms with Gasteiger partial charge in [0.1, 0.15) is 0 Å². The summed E-state index contributed by atoms with van der Waals surface area (Å²) in [5, 5.41) is 22.8. The summed E-state index contributed by atoms with van der Waals surface area (Å²) >= 11 is 6.57. The fourth-order valence-electron chi connectivity index (χ4n) is 5.40. The average Bonchev–Trinajstić information content (AvgIpc) is 3.24.